The van der Waals surface area contributed by atoms with Gasteiger partial charge < -0.3 is 25.0 Å². The molecule has 0 radical (unpaired) electrons. The number of aromatic nitrogens is 4. The van der Waals surface area contributed by atoms with E-state index in [0.717, 1.165) is 19.3 Å². The molecule has 10 nitrogen and oxygen atoms in total. The Labute approximate surface area is 225 Å². The number of carbonyl (C=O) groups excluding carboxylic acids is 1. The highest BCUT2D eigenvalue weighted by molar-refractivity contribution is 5.79. The zero-order valence-electron chi connectivity index (χ0n) is 21.7. The number of nitrogens with zero attached hydrogens (tertiary/aromatic N) is 6. The van der Waals surface area contributed by atoms with Gasteiger partial charge in [0.25, 0.3) is 6.43 Å². The van der Waals surface area contributed by atoms with Crippen molar-refractivity contribution in [3.05, 3.63) is 36.2 Å². The van der Waals surface area contributed by atoms with Gasteiger partial charge >= 0.3 is 0 Å². The molecule has 2 saturated heterocycles. The molecule has 0 bridgehead atoms. The average Bonchev–Trinajstić information content (AvgIpc) is 3.58. The van der Waals surface area contributed by atoms with E-state index in [1.165, 1.54) is 4.57 Å². The van der Waals surface area contributed by atoms with Crippen molar-refractivity contribution in [1.29, 1.82) is 0 Å². The molecule has 1 aromatic carbocycles. The van der Waals surface area contributed by atoms with Gasteiger partial charge in [-0.05, 0) is 44.2 Å². The molecule has 0 spiro atoms. The van der Waals surface area contributed by atoms with Crippen LogP contribution in [0.5, 0.6) is 0 Å². The number of para-hydroxylation sites is 2. The SMILES string of the molecule is O=C([C@H]1CC[C@@H](O)CC1)N1CC[C@H](Nc2cc(-n3c(C(F)F)nc4ccccc43)nc(N3CCOCC3)n2)C1. The van der Waals surface area contributed by atoms with E-state index >= 15 is 0 Å². The molecule has 6 rings (SSSR count). The monoisotopic (exact) mass is 541 g/mol. The van der Waals surface area contributed by atoms with E-state index in [4.69, 9.17) is 14.7 Å². The molecule has 4 heterocycles. The number of aliphatic hydroxyl groups excluding tert-OH is 1. The molecule has 0 unspecified atom stereocenters. The Balaban J connectivity index is 1.28. The third-order valence-electron chi connectivity index (χ3n) is 7.90. The summed E-state index contributed by atoms with van der Waals surface area (Å²) in [6, 6.07) is 8.66. The molecule has 39 heavy (non-hydrogen) atoms. The molecule has 3 aromatic rings. The van der Waals surface area contributed by atoms with Crippen LogP contribution < -0.4 is 10.2 Å². The molecular weight excluding hydrogens is 508 g/mol. The van der Waals surface area contributed by atoms with Crippen LogP contribution in [0.3, 0.4) is 0 Å². The molecule has 2 aromatic heterocycles. The third-order valence-corrected chi connectivity index (χ3v) is 7.90. The highest BCUT2D eigenvalue weighted by Crippen LogP contribution is 2.31. The minimum absolute atomic E-state index is 0.0301. The topological polar surface area (TPSA) is 109 Å². The highest BCUT2D eigenvalue weighted by atomic mass is 19.3. The van der Waals surface area contributed by atoms with Gasteiger partial charge in [-0.15, -0.1) is 0 Å². The number of anilines is 2. The highest BCUT2D eigenvalue weighted by Gasteiger charge is 2.33. The quantitative estimate of drug-likeness (QED) is 0.490. The number of alkyl halides is 2. The van der Waals surface area contributed by atoms with Gasteiger partial charge in [-0.1, -0.05) is 12.1 Å². The van der Waals surface area contributed by atoms with Crippen molar-refractivity contribution in [2.24, 2.45) is 5.92 Å². The number of likely N-dealkylation sites (tertiary alicyclic amines) is 1. The number of benzene rings is 1. The number of amides is 1. The van der Waals surface area contributed by atoms with E-state index in [0.29, 0.717) is 80.9 Å². The largest absolute Gasteiger partial charge is 0.393 e. The van der Waals surface area contributed by atoms with Crippen molar-refractivity contribution >= 4 is 28.7 Å². The van der Waals surface area contributed by atoms with Crippen LogP contribution >= 0.6 is 0 Å². The van der Waals surface area contributed by atoms with Gasteiger partial charge in [-0.3, -0.25) is 9.36 Å². The van der Waals surface area contributed by atoms with Crippen LogP contribution in [0.25, 0.3) is 16.9 Å². The first-order valence-electron chi connectivity index (χ1n) is 13.7. The number of carbonyl (C=O) groups is 1. The van der Waals surface area contributed by atoms with E-state index < -0.39 is 6.43 Å². The Morgan fingerprint density at radius 1 is 1.03 bits per heavy atom. The van der Waals surface area contributed by atoms with Gasteiger partial charge in [-0.25, -0.2) is 13.8 Å². The number of hydrogen-bond donors (Lipinski definition) is 2. The van der Waals surface area contributed by atoms with E-state index in [-0.39, 0.29) is 29.8 Å². The zero-order chi connectivity index (χ0) is 26.9. The summed E-state index contributed by atoms with van der Waals surface area (Å²) in [5.74, 6) is 0.999. The summed E-state index contributed by atoms with van der Waals surface area (Å²) >= 11 is 0. The van der Waals surface area contributed by atoms with Gasteiger partial charge in [0.2, 0.25) is 11.9 Å². The lowest BCUT2D eigenvalue weighted by molar-refractivity contribution is -0.136. The van der Waals surface area contributed by atoms with Gasteiger partial charge in [-0.2, -0.15) is 9.97 Å². The van der Waals surface area contributed by atoms with Crippen LogP contribution in [0.1, 0.15) is 44.4 Å². The maximum atomic E-state index is 14.1. The standard InChI is InChI=1S/C27H33F2N7O3/c28-24(29)25-31-20-3-1-2-4-21(20)36(25)23-15-22(32-27(33-23)34-11-13-39-14-12-34)30-18-9-10-35(16-18)26(38)17-5-7-19(37)8-6-17/h1-4,15,17-19,24,37H,5-14,16H2,(H,30,32,33)/t17-,18-,19+/m0/s1. The Kier molecular flexibility index (Phi) is 7.30. The molecule has 2 aliphatic heterocycles. The van der Waals surface area contributed by atoms with Gasteiger partial charge in [0, 0.05) is 44.2 Å². The maximum absolute atomic E-state index is 14.1. The summed E-state index contributed by atoms with van der Waals surface area (Å²) in [6.07, 6.45) is 0.450. The number of ether oxygens (including phenoxy) is 1. The maximum Gasteiger partial charge on any atom is 0.296 e. The lowest BCUT2D eigenvalue weighted by Crippen LogP contribution is -2.38. The Morgan fingerprint density at radius 3 is 2.56 bits per heavy atom. The number of hydrogen-bond acceptors (Lipinski definition) is 8. The minimum Gasteiger partial charge on any atom is -0.393 e. The Bertz CT molecular complexity index is 1320. The number of fused-ring (bicyclic) bond motifs is 1. The number of nitrogens with one attached hydrogen (secondary N) is 1. The number of rotatable bonds is 6. The first kappa shape index (κ1) is 25.9. The second-order valence-electron chi connectivity index (χ2n) is 10.5. The van der Waals surface area contributed by atoms with E-state index in [2.05, 4.69) is 10.3 Å². The van der Waals surface area contributed by atoms with E-state index in [1.54, 1.807) is 30.3 Å². The van der Waals surface area contributed by atoms with Crippen molar-refractivity contribution in [3.8, 4) is 5.82 Å². The molecule has 12 heteroatoms. The van der Waals surface area contributed by atoms with Crippen molar-refractivity contribution < 1.29 is 23.4 Å². The fourth-order valence-electron chi connectivity index (χ4n) is 5.82. The van der Waals surface area contributed by atoms with Crippen LogP contribution in [0, 0.1) is 5.92 Å². The number of aliphatic hydroxyl groups is 1. The fraction of sp³-hybridized carbons (Fsp3) is 0.556. The van der Waals surface area contributed by atoms with Crippen LogP contribution in [-0.2, 0) is 9.53 Å². The number of morpholine rings is 1. The van der Waals surface area contributed by atoms with E-state index in [9.17, 15) is 18.7 Å². The second kappa shape index (κ2) is 11.0. The molecule has 208 valence electrons. The predicted octanol–water partition coefficient (Wildman–Crippen LogP) is 3.15. The summed E-state index contributed by atoms with van der Waals surface area (Å²) in [5, 5.41) is 13.2. The van der Waals surface area contributed by atoms with Crippen LogP contribution in [0.4, 0.5) is 20.5 Å². The van der Waals surface area contributed by atoms with Gasteiger partial charge in [0.05, 0.1) is 30.4 Å². The van der Waals surface area contributed by atoms with Crippen molar-refractivity contribution in [2.75, 3.05) is 49.6 Å². The lowest BCUT2D eigenvalue weighted by atomic mass is 9.86. The number of halogens is 2. The lowest BCUT2D eigenvalue weighted by Gasteiger charge is -2.29. The smallest absolute Gasteiger partial charge is 0.296 e. The molecule has 2 N–H and O–H groups in total. The third kappa shape index (κ3) is 5.40. The first-order chi connectivity index (χ1) is 19.0. The zero-order valence-corrected chi connectivity index (χ0v) is 21.7. The van der Waals surface area contributed by atoms with Gasteiger partial charge in [0.1, 0.15) is 11.6 Å². The molecule has 3 fully saturated rings. The normalized spacial score (nSPS) is 24.1. The summed E-state index contributed by atoms with van der Waals surface area (Å²) in [7, 11) is 0. The van der Waals surface area contributed by atoms with Crippen molar-refractivity contribution in [1.82, 2.24) is 24.4 Å². The van der Waals surface area contributed by atoms with Gasteiger partial charge in [0.15, 0.2) is 5.82 Å². The van der Waals surface area contributed by atoms with Crippen LogP contribution in [0.15, 0.2) is 30.3 Å². The molecule has 1 atom stereocenters. The Hall–Kier alpha value is -3.38. The Morgan fingerprint density at radius 2 is 1.79 bits per heavy atom. The molecule has 1 saturated carbocycles. The van der Waals surface area contributed by atoms with Crippen LogP contribution in [-0.4, -0.2) is 87.0 Å². The molecular formula is C27H33F2N7O3. The molecule has 3 aliphatic rings. The van der Waals surface area contributed by atoms with Crippen molar-refractivity contribution in [2.45, 2.75) is 50.7 Å². The second-order valence-corrected chi connectivity index (χ2v) is 10.5. The summed E-state index contributed by atoms with van der Waals surface area (Å²) in [6.45, 7) is 3.44. The number of imidazole rings is 1. The van der Waals surface area contributed by atoms with E-state index in [1.807, 2.05) is 9.80 Å². The molecule has 1 aliphatic carbocycles. The summed E-state index contributed by atoms with van der Waals surface area (Å²) in [5.41, 5.74) is 1.01. The predicted molar refractivity (Wildman–Crippen MR) is 141 cm³/mol. The summed E-state index contributed by atoms with van der Waals surface area (Å²) < 4.78 is 35.1. The summed E-state index contributed by atoms with van der Waals surface area (Å²) in [4.78, 5) is 30.6. The van der Waals surface area contributed by atoms with Crippen molar-refractivity contribution in [3.63, 3.8) is 0 Å². The van der Waals surface area contributed by atoms with Crippen LogP contribution in [0.2, 0.25) is 0 Å². The average molecular weight is 542 g/mol. The minimum atomic E-state index is -2.79. The first-order valence-corrected chi connectivity index (χ1v) is 13.7. The fourth-order valence-corrected chi connectivity index (χ4v) is 5.82. The molecule has 1 amide bonds.